The first-order valence-electron chi connectivity index (χ1n) is 23.3. The second-order valence-electron chi connectivity index (χ2n) is 15.6. The number of allylic oxidation sites excluding steroid dienone is 10. The molecule has 0 bridgehead atoms. The van der Waals surface area contributed by atoms with E-state index in [4.69, 9.17) is 9.84 Å². The van der Waals surface area contributed by atoms with Gasteiger partial charge in [-0.25, -0.2) is 0 Å². The van der Waals surface area contributed by atoms with Crippen molar-refractivity contribution < 1.29 is 19.4 Å². The van der Waals surface area contributed by atoms with Gasteiger partial charge in [-0.05, 0) is 89.9 Å². The van der Waals surface area contributed by atoms with E-state index in [1.54, 1.807) is 0 Å². The van der Waals surface area contributed by atoms with Crippen molar-refractivity contribution >= 4 is 11.9 Å². The van der Waals surface area contributed by atoms with Crippen molar-refractivity contribution in [2.75, 3.05) is 0 Å². The summed E-state index contributed by atoms with van der Waals surface area (Å²) in [6.07, 6.45) is 62.7. The monoisotopic (exact) mass is 753 g/mol. The predicted octanol–water partition coefficient (Wildman–Crippen LogP) is 16.5. The third-order valence-electron chi connectivity index (χ3n) is 10.2. The molecule has 0 aliphatic heterocycles. The molecule has 4 heteroatoms. The van der Waals surface area contributed by atoms with Gasteiger partial charge in [-0.3, -0.25) is 9.59 Å². The van der Waals surface area contributed by atoms with Crippen LogP contribution in [0, 0.1) is 0 Å². The van der Waals surface area contributed by atoms with Gasteiger partial charge in [0.25, 0.3) is 0 Å². The Hall–Kier alpha value is -2.36. The largest absolute Gasteiger partial charge is 0.481 e. The number of hydrogen-bond acceptors (Lipinski definition) is 3. The maximum Gasteiger partial charge on any atom is 0.306 e. The zero-order valence-electron chi connectivity index (χ0n) is 35.8. The lowest BCUT2D eigenvalue weighted by Gasteiger charge is -2.17. The maximum atomic E-state index is 12.7. The summed E-state index contributed by atoms with van der Waals surface area (Å²) in [5, 5.41) is 8.84. The average molecular weight is 753 g/mol. The fourth-order valence-electron chi connectivity index (χ4n) is 6.82. The van der Waals surface area contributed by atoms with Crippen LogP contribution in [0.5, 0.6) is 0 Å². The van der Waals surface area contributed by atoms with Crippen LogP contribution < -0.4 is 0 Å². The van der Waals surface area contributed by atoms with Gasteiger partial charge in [-0.2, -0.15) is 0 Å². The van der Waals surface area contributed by atoms with Crippen molar-refractivity contribution in [2.24, 2.45) is 0 Å². The normalized spacial score (nSPS) is 12.8. The van der Waals surface area contributed by atoms with Gasteiger partial charge in [-0.15, -0.1) is 0 Å². The molecule has 0 rings (SSSR count). The van der Waals surface area contributed by atoms with E-state index >= 15 is 0 Å². The molecule has 4 nitrogen and oxygen atoms in total. The van der Waals surface area contributed by atoms with E-state index in [0.717, 1.165) is 89.9 Å². The van der Waals surface area contributed by atoms with Gasteiger partial charge < -0.3 is 9.84 Å². The molecule has 0 radical (unpaired) electrons. The van der Waals surface area contributed by atoms with Crippen LogP contribution >= 0.6 is 0 Å². The Bertz CT molecular complexity index is 942. The second kappa shape index (κ2) is 45.0. The summed E-state index contributed by atoms with van der Waals surface area (Å²) >= 11 is 0. The number of carbonyl (C=O) groups excluding carboxylic acids is 1. The molecule has 0 heterocycles. The maximum absolute atomic E-state index is 12.7. The highest BCUT2D eigenvalue weighted by atomic mass is 16.5. The molecular formula is C50H88O4. The van der Waals surface area contributed by atoms with Crippen LogP contribution in [0.15, 0.2) is 60.8 Å². The molecule has 0 saturated carbocycles. The van der Waals surface area contributed by atoms with Gasteiger partial charge in [0.1, 0.15) is 6.10 Å². The Morgan fingerprint density at radius 3 is 1.30 bits per heavy atom. The topological polar surface area (TPSA) is 63.6 Å². The summed E-state index contributed by atoms with van der Waals surface area (Å²) in [4.78, 5) is 23.5. The molecule has 0 aliphatic rings. The zero-order valence-corrected chi connectivity index (χ0v) is 35.8. The molecule has 0 saturated heterocycles. The fourth-order valence-corrected chi connectivity index (χ4v) is 6.82. The second-order valence-corrected chi connectivity index (χ2v) is 15.6. The number of unbranched alkanes of at least 4 members (excludes halogenated alkanes) is 23. The zero-order chi connectivity index (χ0) is 39.3. The summed E-state index contributed by atoms with van der Waals surface area (Å²) in [6.45, 7) is 4.44. The van der Waals surface area contributed by atoms with Gasteiger partial charge in [0.15, 0.2) is 0 Å². The minimum absolute atomic E-state index is 0.0235. The number of hydrogen-bond donors (Lipinski definition) is 1. The molecule has 0 fully saturated rings. The molecule has 0 aromatic carbocycles. The Morgan fingerprint density at radius 1 is 0.426 bits per heavy atom. The highest BCUT2D eigenvalue weighted by molar-refractivity contribution is 5.69. The Morgan fingerprint density at radius 2 is 0.815 bits per heavy atom. The minimum Gasteiger partial charge on any atom is -0.481 e. The SMILES string of the molecule is CC/C=C\C/C=C\C/C=C\C/C=C\CCC(CCCCCCCC(=O)O)OC(=O)CCCCCCCCCCCCC/C=C\CCCCCCCCCC. The summed E-state index contributed by atoms with van der Waals surface area (Å²) < 4.78 is 5.99. The molecule has 1 unspecified atom stereocenters. The van der Waals surface area contributed by atoms with Crippen molar-refractivity contribution in [1.29, 1.82) is 0 Å². The molecular weight excluding hydrogens is 665 g/mol. The Balaban J connectivity index is 3.98. The standard InChI is InChI=1S/C50H88O4/c1-3-5-7-9-11-13-15-17-18-19-20-21-22-23-24-25-26-28-30-32-34-39-43-47-50(53)54-48(45-41-37-35-38-42-46-49(51)52)44-40-36-33-31-29-27-16-14-12-10-8-6-4-2/h6,8,12,14,19-20,27,29,33,36,48H,3-5,7,9-11,13,15-18,21-26,28,30-32,34-35,37-47H2,1-2H3,(H,51,52)/b8-6-,14-12-,20-19-,29-27-,36-33-. The van der Waals surface area contributed by atoms with Crippen LogP contribution in [0.25, 0.3) is 0 Å². The lowest BCUT2D eigenvalue weighted by Crippen LogP contribution is -2.18. The van der Waals surface area contributed by atoms with E-state index in [-0.39, 0.29) is 18.5 Å². The highest BCUT2D eigenvalue weighted by Crippen LogP contribution is 2.18. The number of esters is 1. The van der Waals surface area contributed by atoms with Crippen molar-refractivity contribution in [3.8, 4) is 0 Å². The van der Waals surface area contributed by atoms with Crippen LogP contribution in [0.1, 0.15) is 239 Å². The van der Waals surface area contributed by atoms with E-state index in [0.29, 0.717) is 6.42 Å². The van der Waals surface area contributed by atoms with Crippen molar-refractivity contribution in [3.63, 3.8) is 0 Å². The fraction of sp³-hybridized carbons (Fsp3) is 0.760. The number of rotatable bonds is 42. The number of carboxylic acids is 1. The highest BCUT2D eigenvalue weighted by Gasteiger charge is 2.14. The lowest BCUT2D eigenvalue weighted by molar-refractivity contribution is -0.150. The Labute approximate surface area is 335 Å². The van der Waals surface area contributed by atoms with Crippen LogP contribution in [-0.4, -0.2) is 23.1 Å². The molecule has 1 atom stereocenters. The third-order valence-corrected chi connectivity index (χ3v) is 10.2. The van der Waals surface area contributed by atoms with Gasteiger partial charge >= 0.3 is 11.9 Å². The van der Waals surface area contributed by atoms with E-state index < -0.39 is 5.97 Å². The van der Waals surface area contributed by atoms with Gasteiger partial charge in [0.2, 0.25) is 0 Å². The van der Waals surface area contributed by atoms with Crippen LogP contribution in [0.4, 0.5) is 0 Å². The van der Waals surface area contributed by atoms with E-state index in [2.05, 4.69) is 74.6 Å². The van der Waals surface area contributed by atoms with Gasteiger partial charge in [0.05, 0.1) is 0 Å². The number of carboxylic acid groups (broad SMARTS) is 1. The van der Waals surface area contributed by atoms with Crippen molar-refractivity contribution in [3.05, 3.63) is 60.8 Å². The van der Waals surface area contributed by atoms with Crippen LogP contribution in [0.2, 0.25) is 0 Å². The van der Waals surface area contributed by atoms with E-state index in [1.165, 1.54) is 122 Å². The predicted molar refractivity (Wildman–Crippen MR) is 236 cm³/mol. The Kier molecular flexibility index (Phi) is 43.1. The van der Waals surface area contributed by atoms with Gasteiger partial charge in [0, 0.05) is 12.8 Å². The first-order chi connectivity index (χ1) is 26.6. The molecule has 0 spiro atoms. The summed E-state index contributed by atoms with van der Waals surface area (Å²) in [6, 6.07) is 0. The first-order valence-corrected chi connectivity index (χ1v) is 23.3. The molecule has 54 heavy (non-hydrogen) atoms. The number of aliphatic carboxylic acids is 1. The smallest absolute Gasteiger partial charge is 0.306 e. The third kappa shape index (κ3) is 44.0. The van der Waals surface area contributed by atoms with E-state index in [9.17, 15) is 9.59 Å². The number of ether oxygens (including phenoxy) is 1. The molecule has 312 valence electrons. The quantitative estimate of drug-likeness (QED) is 0.0383. The molecule has 0 aromatic rings. The molecule has 0 amide bonds. The van der Waals surface area contributed by atoms with Gasteiger partial charge in [-0.1, -0.05) is 197 Å². The van der Waals surface area contributed by atoms with Crippen molar-refractivity contribution in [2.45, 2.75) is 245 Å². The lowest BCUT2D eigenvalue weighted by atomic mass is 10.0. The summed E-state index contributed by atoms with van der Waals surface area (Å²) in [5.74, 6) is -0.748. The molecule has 0 aromatic heterocycles. The average Bonchev–Trinajstić information content (AvgIpc) is 3.16. The van der Waals surface area contributed by atoms with Crippen LogP contribution in [0.3, 0.4) is 0 Å². The minimum atomic E-state index is -0.711. The first kappa shape index (κ1) is 51.6. The summed E-state index contributed by atoms with van der Waals surface area (Å²) in [7, 11) is 0. The molecule has 1 N–H and O–H groups in total. The van der Waals surface area contributed by atoms with E-state index in [1.807, 2.05) is 0 Å². The number of carbonyl (C=O) groups is 2. The van der Waals surface area contributed by atoms with Crippen LogP contribution in [-0.2, 0) is 14.3 Å². The molecule has 0 aliphatic carbocycles. The summed E-state index contributed by atoms with van der Waals surface area (Å²) in [5.41, 5.74) is 0. The van der Waals surface area contributed by atoms with Crippen molar-refractivity contribution in [1.82, 2.24) is 0 Å².